The standard InChI is InChI=1S/C35H38N4O7S/c1-26(2)23-36-35(41)33(21-27-12-6-4-7-13-27)37(24-28-14-10-17-31(20-28)46-3)34(40)25-38(29-15-11-16-30(22-29)39(42)43)47(44,45)32-18-8-5-9-19-32/h4-20,22,26,33H,21,23-25H2,1-3H3,(H,36,41)/t33-/m1/s1. The summed E-state index contributed by atoms with van der Waals surface area (Å²) in [6, 6.07) is 27.9. The molecule has 11 nitrogen and oxygen atoms in total. The van der Waals surface area contributed by atoms with Crippen molar-refractivity contribution in [3.05, 3.63) is 130 Å². The van der Waals surface area contributed by atoms with Gasteiger partial charge in [0.15, 0.2) is 0 Å². The van der Waals surface area contributed by atoms with Crippen LogP contribution < -0.4 is 14.4 Å². The van der Waals surface area contributed by atoms with Crippen molar-refractivity contribution in [3.63, 3.8) is 0 Å². The van der Waals surface area contributed by atoms with Crippen molar-refractivity contribution in [2.24, 2.45) is 5.92 Å². The molecule has 0 saturated heterocycles. The summed E-state index contributed by atoms with van der Waals surface area (Å²) in [7, 11) is -2.87. The average molecular weight is 659 g/mol. The van der Waals surface area contributed by atoms with Crippen molar-refractivity contribution >= 4 is 33.2 Å². The molecule has 246 valence electrons. The molecule has 0 bridgehead atoms. The number of anilines is 1. The molecule has 0 heterocycles. The van der Waals surface area contributed by atoms with Gasteiger partial charge in [-0.15, -0.1) is 0 Å². The van der Waals surface area contributed by atoms with Gasteiger partial charge >= 0.3 is 0 Å². The summed E-state index contributed by atoms with van der Waals surface area (Å²) >= 11 is 0. The van der Waals surface area contributed by atoms with Gasteiger partial charge in [-0.05, 0) is 47.4 Å². The van der Waals surface area contributed by atoms with Crippen LogP contribution in [0.15, 0.2) is 114 Å². The van der Waals surface area contributed by atoms with Crippen molar-refractivity contribution < 1.29 is 27.7 Å². The van der Waals surface area contributed by atoms with Gasteiger partial charge in [-0.1, -0.05) is 80.6 Å². The van der Waals surface area contributed by atoms with Crippen molar-refractivity contribution in [1.82, 2.24) is 10.2 Å². The summed E-state index contributed by atoms with van der Waals surface area (Å²) in [5.74, 6) is -0.394. The van der Waals surface area contributed by atoms with Crippen molar-refractivity contribution in [2.45, 2.75) is 37.8 Å². The highest BCUT2D eigenvalue weighted by atomic mass is 32.2. The number of carbonyl (C=O) groups excluding carboxylic acids is 2. The minimum absolute atomic E-state index is 0.0448. The molecule has 0 fully saturated rings. The first-order valence-corrected chi connectivity index (χ1v) is 16.5. The number of nitrogens with one attached hydrogen (secondary N) is 1. The number of rotatable bonds is 15. The lowest BCUT2D eigenvalue weighted by Gasteiger charge is -2.34. The van der Waals surface area contributed by atoms with Crippen LogP contribution in [0.2, 0.25) is 0 Å². The van der Waals surface area contributed by atoms with Crippen LogP contribution in [0.4, 0.5) is 11.4 Å². The maximum atomic E-state index is 14.5. The molecule has 4 aromatic rings. The zero-order valence-electron chi connectivity index (χ0n) is 26.5. The molecular weight excluding hydrogens is 620 g/mol. The summed E-state index contributed by atoms with van der Waals surface area (Å²) in [6.07, 6.45) is 0.155. The van der Waals surface area contributed by atoms with Crippen LogP contribution in [0, 0.1) is 16.0 Å². The predicted molar refractivity (Wildman–Crippen MR) is 179 cm³/mol. The van der Waals surface area contributed by atoms with Crippen LogP contribution in [0.1, 0.15) is 25.0 Å². The Labute approximate surface area is 275 Å². The Morgan fingerprint density at radius 1 is 0.872 bits per heavy atom. The number of nitro benzene ring substituents is 1. The lowest BCUT2D eigenvalue weighted by molar-refractivity contribution is -0.384. The van der Waals surface area contributed by atoms with Crippen molar-refractivity contribution in [2.75, 3.05) is 24.5 Å². The van der Waals surface area contributed by atoms with E-state index in [4.69, 9.17) is 4.74 Å². The van der Waals surface area contributed by atoms with Gasteiger partial charge in [0, 0.05) is 31.6 Å². The molecule has 47 heavy (non-hydrogen) atoms. The van der Waals surface area contributed by atoms with E-state index < -0.39 is 39.3 Å². The molecule has 0 aromatic heterocycles. The van der Waals surface area contributed by atoms with E-state index in [9.17, 15) is 28.1 Å². The number of ether oxygens (including phenoxy) is 1. The van der Waals surface area contributed by atoms with E-state index >= 15 is 0 Å². The molecule has 0 radical (unpaired) electrons. The van der Waals surface area contributed by atoms with E-state index in [-0.39, 0.29) is 35.2 Å². The number of hydrogen-bond acceptors (Lipinski definition) is 7. The van der Waals surface area contributed by atoms with Crippen LogP contribution in [-0.2, 0) is 32.6 Å². The number of sulfonamides is 1. The zero-order valence-corrected chi connectivity index (χ0v) is 27.3. The fraction of sp³-hybridized carbons (Fsp3) is 0.257. The van der Waals surface area contributed by atoms with Crippen molar-refractivity contribution in [1.29, 1.82) is 0 Å². The molecule has 0 aliphatic heterocycles. The SMILES string of the molecule is COc1cccc(CN(C(=O)CN(c2cccc([N+](=O)[O-])c2)S(=O)(=O)c2ccccc2)[C@H](Cc2ccccc2)C(=O)NCC(C)C)c1. The summed E-state index contributed by atoms with van der Waals surface area (Å²) < 4.78 is 34.4. The largest absolute Gasteiger partial charge is 0.497 e. The van der Waals surface area contributed by atoms with Gasteiger partial charge in [0.1, 0.15) is 18.3 Å². The van der Waals surface area contributed by atoms with Gasteiger partial charge in [0.05, 0.1) is 22.6 Å². The lowest BCUT2D eigenvalue weighted by atomic mass is 10.0. The molecule has 4 rings (SSSR count). The molecule has 1 N–H and O–H groups in total. The number of hydrogen-bond donors (Lipinski definition) is 1. The number of amides is 2. The number of nitro groups is 1. The van der Waals surface area contributed by atoms with E-state index in [1.165, 1.54) is 42.3 Å². The fourth-order valence-electron chi connectivity index (χ4n) is 4.95. The first-order valence-electron chi connectivity index (χ1n) is 15.1. The van der Waals surface area contributed by atoms with Crippen LogP contribution >= 0.6 is 0 Å². The third-order valence-corrected chi connectivity index (χ3v) is 9.17. The van der Waals surface area contributed by atoms with E-state index in [0.717, 1.165) is 15.9 Å². The first kappa shape index (κ1) is 34.6. The highest BCUT2D eigenvalue weighted by Gasteiger charge is 2.35. The summed E-state index contributed by atoms with van der Waals surface area (Å²) in [6.45, 7) is 3.50. The monoisotopic (exact) mass is 658 g/mol. The predicted octanol–water partition coefficient (Wildman–Crippen LogP) is 5.21. The smallest absolute Gasteiger partial charge is 0.271 e. The molecule has 2 amide bonds. The lowest BCUT2D eigenvalue weighted by Crippen LogP contribution is -2.53. The van der Waals surface area contributed by atoms with Crippen LogP contribution in [0.3, 0.4) is 0 Å². The number of benzene rings is 4. The van der Waals surface area contributed by atoms with Gasteiger partial charge in [-0.25, -0.2) is 8.42 Å². The molecule has 0 saturated carbocycles. The number of methoxy groups -OCH3 is 1. The third-order valence-electron chi connectivity index (χ3n) is 7.38. The van der Waals surface area contributed by atoms with Crippen LogP contribution in [-0.4, -0.2) is 56.3 Å². The van der Waals surface area contributed by atoms with E-state index in [1.54, 1.807) is 42.5 Å². The summed E-state index contributed by atoms with van der Waals surface area (Å²) in [5, 5.41) is 14.6. The average Bonchev–Trinajstić information content (AvgIpc) is 3.08. The van der Waals surface area contributed by atoms with Gasteiger partial charge in [0.2, 0.25) is 11.8 Å². The first-order chi connectivity index (χ1) is 22.5. The molecule has 0 aliphatic carbocycles. The number of non-ortho nitro benzene ring substituents is 1. The second-order valence-corrected chi connectivity index (χ2v) is 13.2. The molecule has 1 atom stereocenters. The Hall–Kier alpha value is -5.23. The number of carbonyl (C=O) groups is 2. The van der Waals surface area contributed by atoms with Gasteiger partial charge in [-0.3, -0.25) is 24.0 Å². The summed E-state index contributed by atoms with van der Waals surface area (Å²) in [4.78, 5) is 40.7. The third kappa shape index (κ3) is 9.17. The highest BCUT2D eigenvalue weighted by Crippen LogP contribution is 2.28. The second kappa shape index (κ2) is 15.9. The number of nitrogens with zero attached hydrogens (tertiary/aromatic N) is 3. The topological polar surface area (TPSA) is 139 Å². The zero-order chi connectivity index (χ0) is 34.0. The maximum absolute atomic E-state index is 14.5. The second-order valence-electron chi connectivity index (χ2n) is 11.3. The molecule has 4 aromatic carbocycles. The Morgan fingerprint density at radius 3 is 2.15 bits per heavy atom. The Morgan fingerprint density at radius 2 is 1.51 bits per heavy atom. The van der Waals surface area contributed by atoms with E-state index in [2.05, 4.69) is 5.32 Å². The van der Waals surface area contributed by atoms with Gasteiger partial charge < -0.3 is 15.0 Å². The van der Waals surface area contributed by atoms with Crippen LogP contribution in [0.25, 0.3) is 0 Å². The Kier molecular flexibility index (Phi) is 11.7. The minimum atomic E-state index is -4.39. The van der Waals surface area contributed by atoms with Gasteiger partial charge in [0.25, 0.3) is 15.7 Å². The molecule has 0 aliphatic rings. The molecule has 12 heteroatoms. The quantitative estimate of drug-likeness (QED) is 0.137. The molecular formula is C35H38N4O7S. The van der Waals surface area contributed by atoms with Crippen molar-refractivity contribution in [3.8, 4) is 5.75 Å². The fourth-order valence-corrected chi connectivity index (χ4v) is 6.38. The molecule has 0 spiro atoms. The van der Waals surface area contributed by atoms with E-state index in [1.807, 2.05) is 44.2 Å². The van der Waals surface area contributed by atoms with Gasteiger partial charge in [-0.2, -0.15) is 0 Å². The summed E-state index contributed by atoms with van der Waals surface area (Å²) in [5.41, 5.74) is 1.04. The molecule has 0 unspecified atom stereocenters. The maximum Gasteiger partial charge on any atom is 0.271 e. The Balaban J connectivity index is 1.83. The van der Waals surface area contributed by atoms with E-state index in [0.29, 0.717) is 17.9 Å². The highest BCUT2D eigenvalue weighted by molar-refractivity contribution is 7.92. The normalized spacial score (nSPS) is 11.8. The minimum Gasteiger partial charge on any atom is -0.497 e. The van der Waals surface area contributed by atoms with Crippen LogP contribution in [0.5, 0.6) is 5.75 Å². The Bertz CT molecular complexity index is 1780.